The molecule has 0 bridgehead atoms. The van der Waals surface area contributed by atoms with Crippen LogP contribution < -0.4 is 9.64 Å². The van der Waals surface area contributed by atoms with Gasteiger partial charge in [-0.25, -0.2) is 27.6 Å². The molecule has 1 N–H and O–H groups in total. The second-order valence-corrected chi connectivity index (χ2v) is 9.37. The van der Waals surface area contributed by atoms with E-state index in [4.69, 9.17) is 9.84 Å². The van der Waals surface area contributed by atoms with Gasteiger partial charge in [-0.15, -0.1) is 0 Å². The summed E-state index contributed by atoms with van der Waals surface area (Å²) in [4.78, 5) is 22.3. The minimum absolute atomic E-state index is 0.149. The maximum absolute atomic E-state index is 14.4. The third-order valence-electron chi connectivity index (χ3n) is 5.33. The summed E-state index contributed by atoms with van der Waals surface area (Å²) in [5.74, 6) is 0.0857. The van der Waals surface area contributed by atoms with Gasteiger partial charge in [-0.1, -0.05) is 0 Å². The quantitative estimate of drug-likeness (QED) is 0.776. The van der Waals surface area contributed by atoms with Crippen LogP contribution in [0.1, 0.15) is 18.4 Å². The predicted molar refractivity (Wildman–Crippen MR) is 105 cm³/mol. The Morgan fingerprint density at radius 3 is 2.60 bits per heavy atom. The van der Waals surface area contributed by atoms with Gasteiger partial charge in [-0.05, 0) is 24.1 Å². The number of fused-ring (bicyclic) bond motifs is 1. The lowest BCUT2D eigenvalue weighted by Crippen LogP contribution is -2.41. The zero-order valence-electron chi connectivity index (χ0n) is 16.3. The summed E-state index contributed by atoms with van der Waals surface area (Å²) in [7, 11) is -3.65. The van der Waals surface area contributed by atoms with Crippen LogP contribution in [0.25, 0.3) is 0 Å². The van der Waals surface area contributed by atoms with E-state index in [9.17, 15) is 17.6 Å². The Bertz CT molecular complexity index is 1090. The van der Waals surface area contributed by atoms with Gasteiger partial charge in [0.15, 0.2) is 9.84 Å². The normalized spacial score (nSPS) is 17.1. The maximum Gasteiger partial charge on any atom is 0.407 e. The molecule has 0 unspecified atom stereocenters. The molecule has 0 saturated carbocycles. The highest BCUT2D eigenvalue weighted by Gasteiger charge is 2.27. The molecule has 160 valence electrons. The number of hydrogen-bond acceptors (Lipinski definition) is 7. The Morgan fingerprint density at radius 2 is 1.93 bits per heavy atom. The van der Waals surface area contributed by atoms with Crippen molar-refractivity contribution in [2.75, 3.05) is 30.8 Å². The monoisotopic (exact) mass is 436 g/mol. The Balaban J connectivity index is 1.52. The Labute approximate surface area is 173 Å². The van der Waals surface area contributed by atoms with Crippen molar-refractivity contribution in [1.29, 1.82) is 0 Å². The van der Waals surface area contributed by atoms with Gasteiger partial charge in [0.2, 0.25) is 5.88 Å². The standard InChI is InChI=1S/C19H21FN4O5S/c1-30(27,28)16-8-12-2-7-24(15(12)9-14(16)20)17-10-18(22-11-21-17)29-13-3-5-23(6-4-13)19(25)26/h8-11,13H,2-7H2,1H3,(H,25,26). The van der Waals surface area contributed by atoms with Gasteiger partial charge in [0.1, 0.15) is 29.0 Å². The average molecular weight is 436 g/mol. The molecular weight excluding hydrogens is 415 g/mol. The second-order valence-electron chi connectivity index (χ2n) is 7.39. The summed E-state index contributed by atoms with van der Waals surface area (Å²) in [6, 6.07) is 4.26. The van der Waals surface area contributed by atoms with Gasteiger partial charge >= 0.3 is 6.09 Å². The van der Waals surface area contributed by atoms with Crippen molar-refractivity contribution in [2.45, 2.75) is 30.3 Å². The van der Waals surface area contributed by atoms with Crippen LogP contribution in [0.15, 0.2) is 29.4 Å². The molecule has 0 radical (unpaired) electrons. The van der Waals surface area contributed by atoms with Gasteiger partial charge in [0.05, 0.1) is 0 Å². The number of ether oxygens (including phenoxy) is 1. The molecule has 11 heteroatoms. The lowest BCUT2D eigenvalue weighted by molar-refractivity contribution is 0.0870. The van der Waals surface area contributed by atoms with Crippen LogP contribution in [0.4, 0.5) is 20.7 Å². The molecule has 3 heterocycles. The molecule has 9 nitrogen and oxygen atoms in total. The van der Waals surface area contributed by atoms with Gasteiger partial charge in [-0.2, -0.15) is 0 Å². The van der Waals surface area contributed by atoms with E-state index in [2.05, 4.69) is 9.97 Å². The average Bonchev–Trinajstić information content (AvgIpc) is 3.10. The van der Waals surface area contributed by atoms with Crippen molar-refractivity contribution in [3.8, 4) is 5.88 Å². The molecule has 1 aromatic carbocycles. The number of carboxylic acid groups (broad SMARTS) is 1. The van der Waals surface area contributed by atoms with Crippen molar-refractivity contribution in [2.24, 2.45) is 0 Å². The fourth-order valence-corrected chi connectivity index (χ4v) is 4.56. The van der Waals surface area contributed by atoms with Gasteiger partial charge in [0, 0.05) is 50.5 Å². The topological polar surface area (TPSA) is 113 Å². The first-order chi connectivity index (χ1) is 14.2. The van der Waals surface area contributed by atoms with E-state index in [0.717, 1.165) is 11.8 Å². The minimum atomic E-state index is -3.65. The van der Waals surface area contributed by atoms with Crippen molar-refractivity contribution < 1.29 is 27.4 Å². The van der Waals surface area contributed by atoms with E-state index >= 15 is 0 Å². The molecule has 0 aliphatic carbocycles. The molecule has 4 rings (SSSR count). The second kappa shape index (κ2) is 7.71. The number of halogens is 1. The van der Waals surface area contributed by atoms with Crippen molar-refractivity contribution >= 4 is 27.4 Å². The summed E-state index contributed by atoms with van der Waals surface area (Å²) in [5.41, 5.74) is 1.30. The Kier molecular flexibility index (Phi) is 5.22. The number of hydrogen-bond donors (Lipinski definition) is 1. The molecular formula is C19H21FN4O5S. The number of carbonyl (C=O) groups is 1. The number of rotatable bonds is 4. The molecule has 2 aliphatic heterocycles. The molecule has 1 aromatic heterocycles. The van der Waals surface area contributed by atoms with E-state index in [-0.39, 0.29) is 11.0 Å². The smallest absolute Gasteiger partial charge is 0.407 e. The van der Waals surface area contributed by atoms with Crippen molar-refractivity contribution in [3.05, 3.63) is 35.9 Å². The summed E-state index contributed by atoms with van der Waals surface area (Å²) >= 11 is 0. The number of amides is 1. The fraction of sp³-hybridized carbons (Fsp3) is 0.421. The highest BCUT2D eigenvalue weighted by molar-refractivity contribution is 7.90. The first-order valence-corrected chi connectivity index (χ1v) is 11.4. The van der Waals surface area contributed by atoms with Crippen LogP contribution in [0.2, 0.25) is 0 Å². The van der Waals surface area contributed by atoms with Crippen LogP contribution in [0.3, 0.4) is 0 Å². The number of anilines is 2. The van der Waals surface area contributed by atoms with Gasteiger partial charge in [0.25, 0.3) is 0 Å². The fourth-order valence-electron chi connectivity index (χ4n) is 3.79. The van der Waals surface area contributed by atoms with Crippen LogP contribution in [-0.2, 0) is 16.3 Å². The number of sulfone groups is 1. The van der Waals surface area contributed by atoms with E-state index in [1.54, 1.807) is 11.0 Å². The predicted octanol–water partition coefficient (Wildman–Crippen LogP) is 2.23. The molecule has 0 atom stereocenters. The zero-order chi connectivity index (χ0) is 21.5. The number of piperidine rings is 1. The summed E-state index contributed by atoms with van der Waals surface area (Å²) < 4.78 is 43.8. The SMILES string of the molecule is CS(=O)(=O)c1cc2c(cc1F)N(c1cc(OC3CCN(C(=O)O)CC3)ncn1)CC2. The number of aromatic nitrogens is 2. The van der Waals surface area contributed by atoms with E-state index < -0.39 is 21.7 Å². The van der Waals surface area contributed by atoms with Crippen LogP contribution in [-0.4, -0.2) is 66.5 Å². The van der Waals surface area contributed by atoms with Crippen LogP contribution >= 0.6 is 0 Å². The number of benzene rings is 1. The molecule has 2 aromatic rings. The van der Waals surface area contributed by atoms with Crippen LogP contribution in [0.5, 0.6) is 5.88 Å². The Morgan fingerprint density at radius 1 is 1.20 bits per heavy atom. The highest BCUT2D eigenvalue weighted by atomic mass is 32.2. The largest absolute Gasteiger partial charge is 0.474 e. The molecule has 30 heavy (non-hydrogen) atoms. The van der Waals surface area contributed by atoms with Crippen molar-refractivity contribution in [1.82, 2.24) is 14.9 Å². The Hall–Kier alpha value is -2.95. The summed E-state index contributed by atoms with van der Waals surface area (Å²) in [5, 5.41) is 9.03. The third kappa shape index (κ3) is 4.02. The van der Waals surface area contributed by atoms with Crippen LogP contribution in [0, 0.1) is 5.82 Å². The van der Waals surface area contributed by atoms with E-state index in [0.29, 0.717) is 56.3 Å². The highest BCUT2D eigenvalue weighted by Crippen LogP contribution is 2.37. The molecule has 1 amide bonds. The third-order valence-corrected chi connectivity index (χ3v) is 6.44. The summed E-state index contributed by atoms with van der Waals surface area (Å²) in [6.07, 6.45) is 2.96. The maximum atomic E-state index is 14.4. The minimum Gasteiger partial charge on any atom is -0.474 e. The van der Waals surface area contributed by atoms with E-state index in [1.165, 1.54) is 23.4 Å². The summed E-state index contributed by atoms with van der Waals surface area (Å²) in [6.45, 7) is 1.33. The molecule has 1 saturated heterocycles. The molecule has 0 spiro atoms. The van der Waals surface area contributed by atoms with E-state index in [1.807, 2.05) is 0 Å². The first-order valence-electron chi connectivity index (χ1n) is 9.49. The van der Waals surface area contributed by atoms with Crippen molar-refractivity contribution in [3.63, 3.8) is 0 Å². The zero-order valence-corrected chi connectivity index (χ0v) is 17.1. The molecule has 1 fully saturated rings. The lowest BCUT2D eigenvalue weighted by Gasteiger charge is -2.30. The lowest BCUT2D eigenvalue weighted by atomic mass is 10.1. The number of nitrogens with zero attached hydrogens (tertiary/aromatic N) is 4. The van der Waals surface area contributed by atoms with Gasteiger partial charge < -0.3 is 19.6 Å². The number of likely N-dealkylation sites (tertiary alicyclic amines) is 1. The first kappa shape index (κ1) is 20.3. The molecule has 2 aliphatic rings. The van der Waals surface area contributed by atoms with Gasteiger partial charge in [-0.3, -0.25) is 0 Å².